The molecule has 2 amide bonds. The fourth-order valence-electron chi connectivity index (χ4n) is 3.73. The van der Waals surface area contributed by atoms with Gasteiger partial charge in [0.05, 0.1) is 20.6 Å². The minimum Gasteiger partial charge on any atom is -0.355 e. The van der Waals surface area contributed by atoms with Crippen LogP contribution in [0.1, 0.15) is 25.0 Å². The molecule has 0 saturated heterocycles. The lowest BCUT2D eigenvalue weighted by Gasteiger charge is -2.32. The Kier molecular flexibility index (Phi) is 9.76. The molecule has 38 heavy (non-hydrogen) atoms. The fraction of sp³-hybridized carbons (Fsp3) is 0.259. The summed E-state index contributed by atoms with van der Waals surface area (Å²) < 4.78 is 42.0. The Morgan fingerprint density at radius 1 is 1.00 bits per heavy atom. The van der Waals surface area contributed by atoms with Gasteiger partial charge in [-0.25, -0.2) is 12.8 Å². The second-order valence-corrected chi connectivity index (χ2v) is 11.3. The number of sulfonamides is 1. The Labute approximate surface area is 232 Å². The van der Waals surface area contributed by atoms with Crippen molar-refractivity contribution in [3.05, 3.63) is 93.7 Å². The lowest BCUT2D eigenvalue weighted by atomic mass is 10.1. The number of carbonyl (C=O) groups is 2. The first-order chi connectivity index (χ1) is 17.9. The summed E-state index contributed by atoms with van der Waals surface area (Å²) in [4.78, 5) is 27.7. The van der Waals surface area contributed by atoms with E-state index in [1.54, 1.807) is 19.1 Å². The molecular weight excluding hydrogens is 552 g/mol. The average molecular weight is 581 g/mol. The van der Waals surface area contributed by atoms with Crippen molar-refractivity contribution < 1.29 is 22.4 Å². The van der Waals surface area contributed by atoms with Crippen LogP contribution in [0, 0.1) is 12.7 Å². The third-order valence-corrected chi connectivity index (χ3v) is 8.46. The Hall–Kier alpha value is -3.14. The van der Waals surface area contributed by atoms with Crippen LogP contribution in [-0.4, -0.2) is 44.3 Å². The number of likely N-dealkylation sites (N-methyl/N-ethyl adjacent to an activating group) is 1. The monoisotopic (exact) mass is 579 g/mol. The van der Waals surface area contributed by atoms with Crippen LogP contribution in [0.25, 0.3) is 0 Å². The second-order valence-electron chi connectivity index (χ2n) is 8.62. The average Bonchev–Trinajstić information content (AvgIpc) is 2.88. The van der Waals surface area contributed by atoms with Crippen molar-refractivity contribution in [1.82, 2.24) is 10.2 Å². The number of anilines is 1. The van der Waals surface area contributed by atoms with Gasteiger partial charge in [-0.05, 0) is 62.7 Å². The van der Waals surface area contributed by atoms with Crippen LogP contribution < -0.4 is 9.62 Å². The summed E-state index contributed by atoms with van der Waals surface area (Å²) >= 11 is 12.6. The van der Waals surface area contributed by atoms with Crippen LogP contribution in [-0.2, 0) is 26.2 Å². The van der Waals surface area contributed by atoms with Gasteiger partial charge in [0, 0.05) is 13.1 Å². The first kappa shape index (κ1) is 29.4. The van der Waals surface area contributed by atoms with Gasteiger partial charge in [0.1, 0.15) is 18.4 Å². The largest absolute Gasteiger partial charge is 0.355 e. The number of carbonyl (C=O) groups excluding carboxylic acids is 2. The highest BCUT2D eigenvalue weighted by Gasteiger charge is 2.33. The molecule has 0 unspecified atom stereocenters. The summed E-state index contributed by atoms with van der Waals surface area (Å²) in [5.41, 5.74) is 1.43. The summed E-state index contributed by atoms with van der Waals surface area (Å²) in [6, 6.07) is 15.2. The van der Waals surface area contributed by atoms with Crippen molar-refractivity contribution >= 4 is 50.7 Å². The minimum atomic E-state index is -4.28. The number of halogens is 3. The number of benzene rings is 3. The quantitative estimate of drug-likeness (QED) is 0.358. The zero-order chi connectivity index (χ0) is 28.0. The number of aryl methyl sites for hydroxylation is 1. The maximum Gasteiger partial charge on any atom is 0.264 e. The van der Waals surface area contributed by atoms with Gasteiger partial charge in [0.2, 0.25) is 11.8 Å². The van der Waals surface area contributed by atoms with Crippen molar-refractivity contribution in [3.8, 4) is 0 Å². The van der Waals surface area contributed by atoms with E-state index in [9.17, 15) is 22.4 Å². The molecule has 0 fully saturated rings. The Morgan fingerprint density at radius 2 is 1.63 bits per heavy atom. The van der Waals surface area contributed by atoms with E-state index in [4.69, 9.17) is 23.2 Å². The molecule has 0 aromatic heterocycles. The highest BCUT2D eigenvalue weighted by Crippen LogP contribution is 2.35. The zero-order valence-corrected chi connectivity index (χ0v) is 23.4. The van der Waals surface area contributed by atoms with Gasteiger partial charge in [-0.15, -0.1) is 0 Å². The van der Waals surface area contributed by atoms with Crippen molar-refractivity contribution in [2.75, 3.05) is 17.4 Å². The van der Waals surface area contributed by atoms with E-state index in [0.29, 0.717) is 12.1 Å². The van der Waals surface area contributed by atoms with E-state index in [1.165, 1.54) is 66.4 Å². The van der Waals surface area contributed by atoms with Crippen molar-refractivity contribution in [1.29, 1.82) is 0 Å². The summed E-state index contributed by atoms with van der Waals surface area (Å²) in [5, 5.41) is 2.74. The van der Waals surface area contributed by atoms with Gasteiger partial charge >= 0.3 is 0 Å². The molecule has 0 aliphatic heterocycles. The van der Waals surface area contributed by atoms with Gasteiger partial charge in [0.15, 0.2) is 0 Å². The second kappa shape index (κ2) is 12.6. The predicted molar refractivity (Wildman–Crippen MR) is 147 cm³/mol. The number of hydrogen-bond donors (Lipinski definition) is 1. The van der Waals surface area contributed by atoms with Gasteiger partial charge in [-0.3, -0.25) is 13.9 Å². The zero-order valence-electron chi connectivity index (χ0n) is 21.1. The van der Waals surface area contributed by atoms with E-state index >= 15 is 0 Å². The highest BCUT2D eigenvalue weighted by molar-refractivity contribution is 7.92. The third-order valence-electron chi connectivity index (χ3n) is 5.87. The smallest absolute Gasteiger partial charge is 0.264 e. The number of rotatable bonds is 10. The van der Waals surface area contributed by atoms with Crippen molar-refractivity contribution in [2.24, 2.45) is 0 Å². The molecule has 0 bridgehead atoms. The molecule has 3 rings (SSSR count). The molecule has 0 aliphatic carbocycles. The Balaban J connectivity index is 2.07. The van der Waals surface area contributed by atoms with Gasteiger partial charge in [-0.2, -0.15) is 0 Å². The molecule has 3 aromatic carbocycles. The van der Waals surface area contributed by atoms with Crippen LogP contribution in [0.15, 0.2) is 71.6 Å². The lowest BCUT2D eigenvalue weighted by molar-refractivity contribution is -0.139. The highest BCUT2D eigenvalue weighted by atomic mass is 35.5. The molecule has 0 spiro atoms. The lowest BCUT2D eigenvalue weighted by Crippen LogP contribution is -2.51. The summed E-state index contributed by atoms with van der Waals surface area (Å²) in [6.07, 6.45) is 0. The molecule has 0 aliphatic rings. The SMILES string of the molecule is CCNC(=O)[C@@H](C)N(Cc1ccc(F)cc1)C(=O)CN(c1cccc(Cl)c1Cl)S(=O)(=O)c1ccc(C)cc1. The predicted octanol–water partition coefficient (Wildman–Crippen LogP) is 5.19. The molecule has 11 heteroatoms. The van der Waals surface area contributed by atoms with Crippen LogP contribution in [0.5, 0.6) is 0 Å². The fourth-order valence-corrected chi connectivity index (χ4v) is 5.60. The van der Waals surface area contributed by atoms with Crippen molar-refractivity contribution in [2.45, 2.75) is 38.3 Å². The molecule has 1 N–H and O–H groups in total. The van der Waals surface area contributed by atoms with E-state index in [-0.39, 0.29) is 27.2 Å². The number of amides is 2. The summed E-state index contributed by atoms with van der Waals surface area (Å²) in [7, 11) is -4.28. The summed E-state index contributed by atoms with van der Waals surface area (Å²) in [5.74, 6) is -1.54. The van der Waals surface area contributed by atoms with E-state index in [0.717, 1.165) is 9.87 Å². The van der Waals surface area contributed by atoms with E-state index in [2.05, 4.69) is 5.32 Å². The van der Waals surface area contributed by atoms with Crippen LogP contribution in [0.3, 0.4) is 0 Å². The molecule has 202 valence electrons. The number of hydrogen-bond acceptors (Lipinski definition) is 4. The molecular formula is C27H28Cl2FN3O4S. The number of nitrogens with one attached hydrogen (secondary N) is 1. The van der Waals surface area contributed by atoms with Gasteiger partial charge < -0.3 is 10.2 Å². The number of nitrogens with zero attached hydrogens (tertiary/aromatic N) is 2. The molecule has 1 atom stereocenters. The van der Waals surface area contributed by atoms with Crippen LogP contribution >= 0.6 is 23.2 Å². The Morgan fingerprint density at radius 3 is 2.24 bits per heavy atom. The van der Waals surface area contributed by atoms with Crippen LogP contribution in [0.2, 0.25) is 10.0 Å². The first-order valence-corrected chi connectivity index (χ1v) is 14.0. The topological polar surface area (TPSA) is 86.8 Å². The van der Waals surface area contributed by atoms with Gasteiger partial charge in [-0.1, -0.05) is 59.1 Å². The van der Waals surface area contributed by atoms with Crippen molar-refractivity contribution in [3.63, 3.8) is 0 Å². The molecule has 3 aromatic rings. The minimum absolute atomic E-state index is 0.0143. The molecule has 7 nitrogen and oxygen atoms in total. The third kappa shape index (κ3) is 6.83. The summed E-state index contributed by atoms with van der Waals surface area (Å²) in [6.45, 7) is 4.72. The van der Waals surface area contributed by atoms with E-state index < -0.39 is 40.2 Å². The first-order valence-electron chi connectivity index (χ1n) is 11.8. The Bertz CT molecular complexity index is 1400. The molecule has 0 radical (unpaired) electrons. The molecule has 0 heterocycles. The molecule has 0 saturated carbocycles. The van der Waals surface area contributed by atoms with Crippen LogP contribution in [0.4, 0.5) is 10.1 Å². The standard InChI is InChI=1S/C27H28Cl2FN3O4S/c1-4-31-27(35)19(3)32(16-20-10-12-21(30)13-11-20)25(34)17-33(24-7-5-6-23(28)26(24)29)38(36,37)22-14-8-18(2)9-15-22/h5-15,19H,4,16-17H2,1-3H3,(H,31,35)/t19-/m1/s1. The normalized spacial score (nSPS) is 12.1. The maximum absolute atomic E-state index is 13.8. The van der Waals surface area contributed by atoms with Gasteiger partial charge in [0.25, 0.3) is 10.0 Å². The maximum atomic E-state index is 13.8. The van der Waals surface area contributed by atoms with E-state index in [1.807, 2.05) is 6.92 Å².